The Morgan fingerprint density at radius 2 is 1.73 bits per heavy atom. The van der Waals surface area contributed by atoms with Gasteiger partial charge in [-0.05, 0) is 43.2 Å². The van der Waals surface area contributed by atoms with Crippen LogP contribution in [0.5, 0.6) is 0 Å². The Kier molecular flexibility index (Phi) is 6.45. The van der Waals surface area contributed by atoms with Gasteiger partial charge in [-0.15, -0.1) is 0 Å². The fourth-order valence-electron chi connectivity index (χ4n) is 4.03. The summed E-state index contributed by atoms with van der Waals surface area (Å²) in [5.74, 6) is 0.0466. The third kappa shape index (κ3) is 4.89. The molecule has 158 valence electrons. The summed E-state index contributed by atoms with van der Waals surface area (Å²) >= 11 is 0. The molecule has 0 unspecified atom stereocenters. The van der Waals surface area contributed by atoms with Crippen molar-refractivity contribution >= 4 is 17.5 Å². The van der Waals surface area contributed by atoms with Crippen LogP contribution in [-0.2, 0) is 9.53 Å². The average molecular weight is 408 g/mol. The van der Waals surface area contributed by atoms with Crippen molar-refractivity contribution in [2.45, 2.75) is 25.8 Å². The van der Waals surface area contributed by atoms with E-state index < -0.39 is 0 Å². The van der Waals surface area contributed by atoms with Crippen LogP contribution in [0.25, 0.3) is 0 Å². The van der Waals surface area contributed by atoms with Gasteiger partial charge in [0, 0.05) is 43.9 Å². The number of nitrogens with zero attached hydrogens (tertiary/aromatic N) is 2. The molecule has 0 saturated carbocycles. The number of carbonyl (C=O) groups excluding carboxylic acids is 2. The highest BCUT2D eigenvalue weighted by molar-refractivity contribution is 5.97. The van der Waals surface area contributed by atoms with E-state index >= 15 is 0 Å². The molecular formula is C24H29N3O3. The highest BCUT2D eigenvalue weighted by atomic mass is 16.5. The van der Waals surface area contributed by atoms with Gasteiger partial charge >= 0.3 is 0 Å². The van der Waals surface area contributed by atoms with E-state index in [2.05, 4.69) is 41.4 Å². The Balaban J connectivity index is 1.47. The first-order chi connectivity index (χ1) is 14.6. The fourth-order valence-corrected chi connectivity index (χ4v) is 4.03. The number of anilines is 1. The molecule has 0 spiro atoms. The number of carbonyl (C=O) groups is 2. The number of hydrogen-bond donors (Lipinski definition) is 1. The Morgan fingerprint density at radius 3 is 2.37 bits per heavy atom. The maximum Gasteiger partial charge on any atom is 0.251 e. The number of amides is 2. The zero-order valence-electron chi connectivity index (χ0n) is 17.5. The van der Waals surface area contributed by atoms with Crippen LogP contribution in [0.3, 0.4) is 0 Å². The Labute approximate surface area is 177 Å². The van der Waals surface area contributed by atoms with E-state index in [0.29, 0.717) is 12.0 Å². The molecule has 0 radical (unpaired) electrons. The van der Waals surface area contributed by atoms with Crippen LogP contribution < -0.4 is 10.2 Å². The Bertz CT molecular complexity index is 874. The van der Waals surface area contributed by atoms with Crippen LogP contribution in [0.2, 0.25) is 0 Å². The maximum absolute atomic E-state index is 13.0. The highest BCUT2D eigenvalue weighted by Gasteiger charge is 2.23. The Hall–Kier alpha value is -2.70. The molecule has 2 aromatic rings. The van der Waals surface area contributed by atoms with Crippen molar-refractivity contribution in [3.8, 4) is 0 Å². The van der Waals surface area contributed by atoms with Crippen LogP contribution in [0.1, 0.15) is 40.4 Å². The molecule has 4 rings (SSSR count). The van der Waals surface area contributed by atoms with Gasteiger partial charge in [0.1, 0.15) is 0 Å². The van der Waals surface area contributed by atoms with Crippen LogP contribution in [-0.4, -0.2) is 56.1 Å². The summed E-state index contributed by atoms with van der Waals surface area (Å²) in [6, 6.07) is 15.6. The summed E-state index contributed by atoms with van der Waals surface area (Å²) in [5.41, 5.74) is 3.75. The van der Waals surface area contributed by atoms with Crippen molar-refractivity contribution in [2.24, 2.45) is 0 Å². The molecule has 1 atom stereocenters. The first-order valence-corrected chi connectivity index (χ1v) is 10.7. The molecule has 30 heavy (non-hydrogen) atoms. The van der Waals surface area contributed by atoms with Crippen LogP contribution >= 0.6 is 0 Å². The minimum absolute atomic E-state index is 0.101. The molecule has 0 bridgehead atoms. The van der Waals surface area contributed by atoms with Crippen LogP contribution in [0.15, 0.2) is 48.5 Å². The quantitative estimate of drug-likeness (QED) is 0.800. The van der Waals surface area contributed by atoms with Gasteiger partial charge in [0.15, 0.2) is 0 Å². The van der Waals surface area contributed by atoms with E-state index in [4.69, 9.17) is 4.74 Å². The molecule has 2 saturated heterocycles. The third-order valence-corrected chi connectivity index (χ3v) is 5.84. The number of nitrogens with one attached hydrogen (secondary N) is 1. The molecule has 2 aliphatic rings. The summed E-state index contributed by atoms with van der Waals surface area (Å²) < 4.78 is 5.46. The third-order valence-electron chi connectivity index (χ3n) is 5.84. The minimum atomic E-state index is -0.104. The van der Waals surface area contributed by atoms with Crippen molar-refractivity contribution < 1.29 is 14.3 Å². The predicted molar refractivity (Wildman–Crippen MR) is 117 cm³/mol. The summed E-state index contributed by atoms with van der Waals surface area (Å²) in [5, 5.41) is 3.21. The standard InChI is InChI=1S/C24H29N3O3/c1-18-4-6-19(7-5-18)22(17-26-13-15-30-16-14-26)25-24(29)20-8-10-21(11-9-20)27-12-2-3-23(27)28/h4-11,22H,2-3,12-17H2,1H3,(H,25,29)/t22-/m0/s1. The molecule has 6 nitrogen and oxygen atoms in total. The van der Waals surface area contributed by atoms with Gasteiger partial charge in [0.25, 0.3) is 5.91 Å². The number of benzene rings is 2. The molecular weight excluding hydrogens is 378 g/mol. The highest BCUT2D eigenvalue weighted by Crippen LogP contribution is 2.22. The van der Waals surface area contributed by atoms with E-state index in [1.54, 1.807) is 17.0 Å². The van der Waals surface area contributed by atoms with Crippen LogP contribution in [0.4, 0.5) is 5.69 Å². The topological polar surface area (TPSA) is 61.9 Å². The first-order valence-electron chi connectivity index (χ1n) is 10.7. The van der Waals surface area contributed by atoms with Gasteiger partial charge in [-0.3, -0.25) is 14.5 Å². The van der Waals surface area contributed by atoms with Gasteiger partial charge in [-0.25, -0.2) is 0 Å². The molecule has 2 amide bonds. The van der Waals surface area contributed by atoms with Gasteiger partial charge < -0.3 is 15.0 Å². The van der Waals surface area contributed by atoms with Crippen molar-refractivity contribution in [1.82, 2.24) is 10.2 Å². The predicted octanol–water partition coefficient (Wildman–Crippen LogP) is 2.93. The van der Waals surface area contributed by atoms with Gasteiger partial charge in [-0.1, -0.05) is 29.8 Å². The lowest BCUT2D eigenvalue weighted by molar-refractivity contribution is -0.117. The number of ether oxygens (including phenoxy) is 1. The number of rotatable bonds is 6. The normalized spacial score (nSPS) is 18.4. The Morgan fingerprint density at radius 1 is 1.03 bits per heavy atom. The van der Waals surface area contributed by atoms with Crippen molar-refractivity contribution in [3.63, 3.8) is 0 Å². The lowest BCUT2D eigenvalue weighted by Gasteiger charge is -2.31. The smallest absolute Gasteiger partial charge is 0.251 e. The van der Waals surface area contributed by atoms with E-state index in [1.807, 2.05) is 12.1 Å². The van der Waals surface area contributed by atoms with Crippen molar-refractivity contribution in [2.75, 3.05) is 44.3 Å². The molecule has 0 aliphatic carbocycles. The average Bonchev–Trinajstić information content (AvgIpc) is 3.20. The van der Waals surface area contributed by atoms with Crippen molar-refractivity contribution in [3.05, 3.63) is 65.2 Å². The zero-order valence-corrected chi connectivity index (χ0v) is 17.5. The zero-order chi connectivity index (χ0) is 20.9. The molecule has 2 heterocycles. The monoisotopic (exact) mass is 407 g/mol. The van der Waals surface area contributed by atoms with Gasteiger partial charge in [-0.2, -0.15) is 0 Å². The first kappa shape index (κ1) is 20.6. The number of morpholine rings is 1. The summed E-state index contributed by atoms with van der Waals surface area (Å²) in [7, 11) is 0. The van der Waals surface area contributed by atoms with E-state index in [0.717, 1.165) is 57.1 Å². The number of aryl methyl sites for hydroxylation is 1. The molecule has 0 aromatic heterocycles. The minimum Gasteiger partial charge on any atom is -0.379 e. The second-order valence-corrected chi connectivity index (χ2v) is 8.05. The van der Waals surface area contributed by atoms with E-state index in [9.17, 15) is 9.59 Å². The molecule has 2 aromatic carbocycles. The molecule has 2 aliphatic heterocycles. The molecule has 6 heteroatoms. The summed E-state index contributed by atoms with van der Waals surface area (Å²) in [6.07, 6.45) is 1.49. The van der Waals surface area contributed by atoms with Crippen molar-refractivity contribution in [1.29, 1.82) is 0 Å². The fraction of sp³-hybridized carbons (Fsp3) is 0.417. The molecule has 1 N–H and O–H groups in total. The van der Waals surface area contributed by atoms with Gasteiger partial charge in [0.2, 0.25) is 5.91 Å². The summed E-state index contributed by atoms with van der Waals surface area (Å²) in [6.45, 7) is 6.76. The maximum atomic E-state index is 13.0. The lowest BCUT2D eigenvalue weighted by Crippen LogP contribution is -2.43. The molecule has 2 fully saturated rings. The second kappa shape index (κ2) is 9.41. The second-order valence-electron chi connectivity index (χ2n) is 8.05. The van der Waals surface area contributed by atoms with E-state index in [-0.39, 0.29) is 17.9 Å². The summed E-state index contributed by atoms with van der Waals surface area (Å²) in [4.78, 5) is 29.1. The SMILES string of the molecule is Cc1ccc([C@H](CN2CCOCC2)NC(=O)c2ccc(N3CCCC3=O)cc2)cc1. The van der Waals surface area contributed by atoms with Crippen LogP contribution in [0, 0.1) is 6.92 Å². The van der Waals surface area contributed by atoms with E-state index in [1.165, 1.54) is 5.56 Å². The van der Waals surface area contributed by atoms with Gasteiger partial charge in [0.05, 0.1) is 19.3 Å². The number of hydrogen-bond acceptors (Lipinski definition) is 4. The largest absolute Gasteiger partial charge is 0.379 e. The lowest BCUT2D eigenvalue weighted by atomic mass is 10.0.